The largest absolute Gasteiger partial charge is 0.396 e. The molecule has 0 bridgehead atoms. The molecule has 1 aliphatic rings. The molecule has 1 aromatic rings. The maximum absolute atomic E-state index is 13.3. The Bertz CT molecular complexity index is 397. The van der Waals surface area contributed by atoms with Crippen LogP contribution in [0.1, 0.15) is 44.6 Å². The molecule has 2 rings (SSSR count). The summed E-state index contributed by atoms with van der Waals surface area (Å²) in [5.41, 5.74) is 7.26. The lowest BCUT2D eigenvalue weighted by molar-refractivity contribution is 0.207. The fourth-order valence-electron chi connectivity index (χ4n) is 2.82. The molecular formula is C15H23FN2. The lowest BCUT2D eigenvalue weighted by Crippen LogP contribution is -2.33. The van der Waals surface area contributed by atoms with Crippen LogP contribution in [0.2, 0.25) is 0 Å². The molecule has 0 radical (unpaired) electrons. The lowest BCUT2D eigenvalue weighted by Gasteiger charge is -2.33. The molecule has 18 heavy (non-hydrogen) atoms. The van der Waals surface area contributed by atoms with E-state index in [-0.39, 0.29) is 11.5 Å². The second-order valence-electron chi connectivity index (χ2n) is 5.79. The van der Waals surface area contributed by atoms with Gasteiger partial charge in [0.1, 0.15) is 5.82 Å². The molecule has 2 nitrogen and oxygen atoms in total. The Hall–Kier alpha value is -1.09. The second-order valence-corrected chi connectivity index (χ2v) is 5.79. The Kier molecular flexibility index (Phi) is 4.23. The van der Waals surface area contributed by atoms with E-state index in [0.717, 1.165) is 12.1 Å². The molecule has 1 fully saturated rings. The summed E-state index contributed by atoms with van der Waals surface area (Å²) in [5, 5.41) is 3.43. The fourth-order valence-corrected chi connectivity index (χ4v) is 2.82. The Morgan fingerprint density at radius 2 is 2.00 bits per heavy atom. The van der Waals surface area contributed by atoms with Crippen molar-refractivity contribution in [2.24, 2.45) is 5.41 Å². The van der Waals surface area contributed by atoms with Crippen LogP contribution in [0, 0.1) is 11.2 Å². The van der Waals surface area contributed by atoms with Gasteiger partial charge in [-0.25, -0.2) is 4.39 Å². The van der Waals surface area contributed by atoms with Crippen molar-refractivity contribution >= 4 is 5.69 Å². The van der Waals surface area contributed by atoms with Gasteiger partial charge in [-0.3, -0.25) is 0 Å². The summed E-state index contributed by atoms with van der Waals surface area (Å²) >= 11 is 0. The summed E-state index contributed by atoms with van der Waals surface area (Å²) in [6, 6.07) is 5.00. The molecule has 3 heteroatoms. The molecule has 1 aromatic carbocycles. The third-order valence-electron chi connectivity index (χ3n) is 4.07. The summed E-state index contributed by atoms with van der Waals surface area (Å²) in [6.07, 6.45) is 6.62. The topological polar surface area (TPSA) is 38.0 Å². The number of para-hydroxylation sites is 1. The van der Waals surface area contributed by atoms with Gasteiger partial charge in [-0.15, -0.1) is 0 Å². The maximum Gasteiger partial charge on any atom is 0.146 e. The first-order chi connectivity index (χ1) is 8.61. The number of anilines is 1. The van der Waals surface area contributed by atoms with E-state index in [1.54, 1.807) is 6.07 Å². The molecule has 0 saturated heterocycles. The van der Waals surface area contributed by atoms with Crippen molar-refractivity contribution in [1.82, 2.24) is 5.32 Å². The summed E-state index contributed by atoms with van der Waals surface area (Å²) in [6.45, 7) is 3.98. The maximum atomic E-state index is 13.3. The van der Waals surface area contributed by atoms with Crippen LogP contribution in [0.4, 0.5) is 10.1 Å². The SMILES string of the molecule is CC1(CNCc2cccc(F)c2N)CCCCC1. The van der Waals surface area contributed by atoms with Gasteiger partial charge in [0.05, 0.1) is 5.69 Å². The van der Waals surface area contributed by atoms with Gasteiger partial charge in [-0.05, 0) is 29.9 Å². The number of rotatable bonds is 4. The van der Waals surface area contributed by atoms with E-state index in [1.807, 2.05) is 6.07 Å². The van der Waals surface area contributed by atoms with Crippen molar-refractivity contribution in [1.29, 1.82) is 0 Å². The molecule has 3 N–H and O–H groups in total. The van der Waals surface area contributed by atoms with Crippen LogP contribution in [0.25, 0.3) is 0 Å². The van der Waals surface area contributed by atoms with Crippen LogP contribution in [0.5, 0.6) is 0 Å². The van der Waals surface area contributed by atoms with Gasteiger partial charge in [-0.2, -0.15) is 0 Å². The number of hydrogen-bond donors (Lipinski definition) is 2. The summed E-state index contributed by atoms with van der Waals surface area (Å²) < 4.78 is 13.3. The van der Waals surface area contributed by atoms with Gasteiger partial charge in [0, 0.05) is 13.1 Å². The third-order valence-corrected chi connectivity index (χ3v) is 4.07. The molecule has 0 heterocycles. The Balaban J connectivity index is 1.86. The van der Waals surface area contributed by atoms with Crippen molar-refractivity contribution in [3.63, 3.8) is 0 Å². The number of nitrogen functional groups attached to an aromatic ring is 1. The van der Waals surface area contributed by atoms with Crippen LogP contribution < -0.4 is 11.1 Å². The van der Waals surface area contributed by atoms with Crippen molar-refractivity contribution in [2.75, 3.05) is 12.3 Å². The average Bonchev–Trinajstić information content (AvgIpc) is 2.35. The number of nitrogens with two attached hydrogens (primary N) is 1. The van der Waals surface area contributed by atoms with Crippen molar-refractivity contribution in [3.05, 3.63) is 29.6 Å². The fraction of sp³-hybridized carbons (Fsp3) is 0.600. The quantitative estimate of drug-likeness (QED) is 0.803. The lowest BCUT2D eigenvalue weighted by atomic mass is 9.76. The van der Waals surface area contributed by atoms with Crippen LogP contribution >= 0.6 is 0 Å². The average molecular weight is 250 g/mol. The highest BCUT2D eigenvalue weighted by Crippen LogP contribution is 2.35. The number of nitrogens with one attached hydrogen (secondary N) is 1. The van der Waals surface area contributed by atoms with Crippen LogP contribution in [0.15, 0.2) is 18.2 Å². The monoisotopic (exact) mass is 250 g/mol. The molecule has 0 aliphatic heterocycles. The summed E-state index contributed by atoms with van der Waals surface area (Å²) in [4.78, 5) is 0. The standard InChI is InChI=1S/C15H23FN2/c1-15(8-3-2-4-9-15)11-18-10-12-6-5-7-13(16)14(12)17/h5-7,18H,2-4,8-11,17H2,1H3. The molecule has 0 amide bonds. The van der Waals surface area contributed by atoms with Crippen molar-refractivity contribution < 1.29 is 4.39 Å². The van der Waals surface area contributed by atoms with E-state index in [9.17, 15) is 4.39 Å². The zero-order chi connectivity index (χ0) is 13.0. The number of hydrogen-bond acceptors (Lipinski definition) is 2. The molecule has 0 spiro atoms. The molecule has 0 unspecified atom stereocenters. The summed E-state index contributed by atoms with van der Waals surface area (Å²) in [7, 11) is 0. The second kappa shape index (κ2) is 5.70. The van der Waals surface area contributed by atoms with E-state index in [1.165, 1.54) is 38.2 Å². The van der Waals surface area contributed by atoms with Gasteiger partial charge >= 0.3 is 0 Å². The van der Waals surface area contributed by atoms with Crippen LogP contribution in [-0.4, -0.2) is 6.54 Å². The summed E-state index contributed by atoms with van der Waals surface area (Å²) in [5.74, 6) is -0.321. The van der Waals surface area contributed by atoms with E-state index in [0.29, 0.717) is 12.0 Å². The Morgan fingerprint density at radius 3 is 2.72 bits per heavy atom. The predicted molar refractivity (Wildman–Crippen MR) is 73.7 cm³/mol. The Morgan fingerprint density at radius 1 is 1.28 bits per heavy atom. The van der Waals surface area contributed by atoms with Gasteiger partial charge in [0.15, 0.2) is 0 Å². The minimum absolute atomic E-state index is 0.277. The van der Waals surface area contributed by atoms with Crippen molar-refractivity contribution in [2.45, 2.75) is 45.6 Å². The minimum atomic E-state index is -0.321. The molecule has 0 atom stereocenters. The van der Waals surface area contributed by atoms with E-state index in [4.69, 9.17) is 5.73 Å². The predicted octanol–water partition coefficient (Wildman–Crippen LogP) is 3.47. The molecular weight excluding hydrogens is 227 g/mol. The van der Waals surface area contributed by atoms with Crippen LogP contribution in [-0.2, 0) is 6.54 Å². The number of benzene rings is 1. The highest BCUT2D eigenvalue weighted by molar-refractivity contribution is 5.47. The highest BCUT2D eigenvalue weighted by Gasteiger charge is 2.26. The van der Waals surface area contributed by atoms with E-state index < -0.39 is 0 Å². The van der Waals surface area contributed by atoms with Gasteiger partial charge in [0.25, 0.3) is 0 Å². The minimum Gasteiger partial charge on any atom is -0.396 e. The first kappa shape index (κ1) is 13.3. The van der Waals surface area contributed by atoms with E-state index in [2.05, 4.69) is 12.2 Å². The smallest absolute Gasteiger partial charge is 0.146 e. The van der Waals surface area contributed by atoms with Crippen LogP contribution in [0.3, 0.4) is 0 Å². The van der Waals surface area contributed by atoms with Gasteiger partial charge in [0.2, 0.25) is 0 Å². The molecule has 0 aromatic heterocycles. The molecule has 1 aliphatic carbocycles. The molecule has 100 valence electrons. The zero-order valence-corrected chi connectivity index (χ0v) is 11.1. The highest BCUT2D eigenvalue weighted by atomic mass is 19.1. The first-order valence-electron chi connectivity index (χ1n) is 6.84. The van der Waals surface area contributed by atoms with Crippen molar-refractivity contribution in [3.8, 4) is 0 Å². The first-order valence-corrected chi connectivity index (χ1v) is 6.84. The Labute approximate surface area is 109 Å². The van der Waals surface area contributed by atoms with Gasteiger partial charge in [-0.1, -0.05) is 38.3 Å². The molecule has 1 saturated carbocycles. The zero-order valence-electron chi connectivity index (χ0n) is 11.1. The van der Waals surface area contributed by atoms with E-state index >= 15 is 0 Å². The normalized spacial score (nSPS) is 18.8. The van der Waals surface area contributed by atoms with Gasteiger partial charge < -0.3 is 11.1 Å². The number of halogens is 1. The third kappa shape index (κ3) is 3.22.